The number of thioether (sulfide) groups is 2. The van der Waals surface area contributed by atoms with Crippen molar-refractivity contribution in [1.29, 1.82) is 0 Å². The zero-order chi connectivity index (χ0) is 67.0. The number of para-hydroxylation sites is 1. The van der Waals surface area contributed by atoms with Gasteiger partial charge in [-0.05, 0) is 85.8 Å². The van der Waals surface area contributed by atoms with Crippen molar-refractivity contribution < 1.29 is 72.1 Å². The number of carbonyl (C=O) groups excluding carboxylic acids is 11. The molecule has 11 amide bonds. The Balaban J connectivity index is 1.29. The van der Waals surface area contributed by atoms with E-state index in [4.69, 9.17) is 0 Å². The third-order valence-electron chi connectivity index (χ3n) is 17.0. The number of halogens is 1. The van der Waals surface area contributed by atoms with Crippen molar-refractivity contribution in [1.82, 2.24) is 62.6 Å². The Bertz CT molecular complexity index is 3120. The molecule has 1 aromatic heterocycles. The largest absolute Gasteiger partial charge is 0.481 e. The van der Waals surface area contributed by atoms with Crippen LogP contribution in [0.25, 0.3) is 10.9 Å². The van der Waals surface area contributed by atoms with Crippen LogP contribution in [0.4, 0.5) is 4.39 Å². The van der Waals surface area contributed by atoms with Crippen molar-refractivity contribution >= 4 is 105 Å². The third-order valence-corrected chi connectivity index (χ3v) is 19.3. The second kappa shape index (κ2) is 36.6. The summed E-state index contributed by atoms with van der Waals surface area (Å²) in [7, 11) is 0. The van der Waals surface area contributed by atoms with Crippen LogP contribution >= 0.6 is 23.5 Å². The van der Waals surface area contributed by atoms with E-state index in [0.29, 0.717) is 55.6 Å². The Morgan fingerprint density at radius 2 is 1.09 bits per heavy atom. The molecule has 4 fully saturated rings. The molecule has 5 heterocycles. The molecule has 4 saturated heterocycles. The van der Waals surface area contributed by atoms with E-state index in [2.05, 4.69) is 52.8 Å². The first-order valence-corrected chi connectivity index (χ1v) is 34.7. The Kier molecular flexibility index (Phi) is 28.6. The van der Waals surface area contributed by atoms with E-state index in [-0.39, 0.29) is 81.6 Å². The molecule has 93 heavy (non-hydrogen) atoms. The van der Waals surface area contributed by atoms with Gasteiger partial charge in [0.15, 0.2) is 0 Å². The van der Waals surface area contributed by atoms with Crippen molar-refractivity contribution in [3.05, 3.63) is 71.7 Å². The van der Waals surface area contributed by atoms with E-state index in [0.717, 1.165) is 47.2 Å². The lowest BCUT2D eigenvalue weighted by Gasteiger charge is -2.31. The average molecular weight is 1330 g/mol. The minimum Gasteiger partial charge on any atom is -0.481 e. The fourth-order valence-electron chi connectivity index (χ4n) is 11.9. The van der Waals surface area contributed by atoms with Crippen molar-refractivity contribution in [3.63, 3.8) is 0 Å². The van der Waals surface area contributed by atoms with E-state index < -0.39 is 157 Å². The Morgan fingerprint density at radius 3 is 1.75 bits per heavy atom. The highest BCUT2D eigenvalue weighted by Gasteiger charge is 2.42. The quantitative estimate of drug-likeness (QED) is 0.0901. The predicted molar refractivity (Wildman–Crippen MR) is 346 cm³/mol. The second-order valence-electron chi connectivity index (χ2n) is 24.0. The number of nitrogens with one attached hydrogen (secondary N) is 10. The SMILES string of the molecule is CCCCCCC[C@@H]1NC(=O)[C@@H]2CSCCCSC[C@@H](NC(=O)[C@H](Cc3c[nH]c4ccccc34)NC(=O)[C@@H]3CCCN3C(=O)[C@H](CC(=O)O)NC(=O)[C@H](Cc3ccc(F)cc3)NC(=O)[C@H](CO)NC1=O)C(=O)NCCC(=O)N1CCC[C@H]1C(=O)N[C@@H](CCCC)C(=O)N2. The van der Waals surface area contributed by atoms with Crippen molar-refractivity contribution in [2.45, 2.75) is 190 Å². The monoisotopic (exact) mass is 1330 g/mol. The van der Waals surface area contributed by atoms with Crippen LogP contribution in [0.1, 0.15) is 128 Å². The minimum absolute atomic E-state index is 0.00500. The molecular weight excluding hydrogens is 1240 g/mol. The van der Waals surface area contributed by atoms with Crippen LogP contribution in [0.3, 0.4) is 0 Å². The summed E-state index contributed by atoms with van der Waals surface area (Å²) >= 11 is 2.63. The minimum atomic E-state index is -1.87. The first-order valence-electron chi connectivity index (χ1n) is 32.4. The zero-order valence-electron chi connectivity index (χ0n) is 52.7. The van der Waals surface area contributed by atoms with Crippen LogP contribution in [0, 0.1) is 5.82 Å². The highest BCUT2D eigenvalue weighted by atomic mass is 32.2. The molecular formula is C64H89FN12O14S2. The average Bonchev–Trinajstić information content (AvgIpc) is 1.77. The fourth-order valence-corrected chi connectivity index (χ4v) is 14.0. The maximum absolute atomic E-state index is 14.9. The second-order valence-corrected chi connectivity index (χ2v) is 26.3. The molecule has 29 heteroatoms. The van der Waals surface area contributed by atoms with Gasteiger partial charge in [-0.15, -0.1) is 0 Å². The molecule has 508 valence electrons. The summed E-state index contributed by atoms with van der Waals surface area (Å²) in [5.74, 6) is -10.3. The lowest BCUT2D eigenvalue weighted by atomic mass is 10.0. The molecule has 0 spiro atoms. The summed E-state index contributed by atoms with van der Waals surface area (Å²) in [4.78, 5) is 178. The molecule has 7 rings (SSSR count). The molecule has 10 atom stereocenters. The van der Waals surface area contributed by atoms with Gasteiger partial charge in [-0.2, -0.15) is 23.5 Å². The van der Waals surface area contributed by atoms with Crippen LogP contribution in [-0.4, -0.2) is 206 Å². The molecule has 0 aliphatic carbocycles. The van der Waals surface area contributed by atoms with Gasteiger partial charge in [-0.1, -0.05) is 89.1 Å². The number of H-pyrrole nitrogens is 1. The van der Waals surface area contributed by atoms with E-state index in [1.54, 1.807) is 12.3 Å². The van der Waals surface area contributed by atoms with Crippen molar-refractivity contribution in [3.8, 4) is 0 Å². The van der Waals surface area contributed by atoms with E-state index in [1.807, 2.05) is 32.0 Å². The number of fused-ring (bicyclic) bond motifs is 11. The summed E-state index contributed by atoms with van der Waals surface area (Å²) in [6.45, 7) is 2.84. The van der Waals surface area contributed by atoms with Gasteiger partial charge in [-0.25, -0.2) is 4.39 Å². The normalized spacial score (nSPS) is 26.2. The smallest absolute Gasteiger partial charge is 0.305 e. The number of nitrogens with zero attached hydrogens (tertiary/aromatic N) is 2. The summed E-state index contributed by atoms with van der Waals surface area (Å²) < 4.78 is 14.2. The number of amides is 11. The standard InChI is InChI=1S/C64H89FN12O14S2/c1-3-5-7-8-9-18-44-56(83)73-48(35-78)60(87)70-45(31-38-21-23-40(65)24-22-38)58(85)72-47(33-54(80)81)64(91)77-28-13-20-52(77)63(90)71-46(32-39-34-67-42-17-11-10-15-41(39)42)59(86)74-49-36-92-29-14-30-93-37-50(61(88)68-44)75-57(84)43(16-6-4-2)69-62(89)51-19-12-27-76(51)53(79)25-26-66-55(49)82/h10-11,15,17,21-24,34,43-52,67,78H,3-9,12-14,16,18-20,25-33,35-37H2,1-2H3,(H,66,82)(H,68,88)(H,69,89)(H,70,87)(H,71,90)(H,72,85)(H,73,83)(H,74,86)(H,75,84)(H,80,81)/t43-,44-,45-,46-,47-,48-,49+,50-,51-,52-/m0/s1. The molecule has 12 N–H and O–H groups in total. The zero-order valence-corrected chi connectivity index (χ0v) is 54.4. The Morgan fingerprint density at radius 1 is 0.559 bits per heavy atom. The summed E-state index contributed by atoms with van der Waals surface area (Å²) in [6.07, 6.45) is 6.44. The van der Waals surface area contributed by atoms with Gasteiger partial charge in [0.05, 0.1) is 13.0 Å². The van der Waals surface area contributed by atoms with Crippen LogP contribution < -0.4 is 47.9 Å². The molecule has 3 aromatic rings. The number of carboxylic acids is 1. The predicted octanol–water partition coefficient (Wildman–Crippen LogP) is 1.36. The van der Waals surface area contributed by atoms with Crippen LogP contribution in [0.15, 0.2) is 54.7 Å². The number of carboxylic acid groups (broad SMARTS) is 1. The molecule has 2 aromatic carbocycles. The molecule has 26 nitrogen and oxygen atoms in total. The fraction of sp³-hybridized carbons (Fsp3) is 0.594. The van der Waals surface area contributed by atoms with Gasteiger partial charge in [0.25, 0.3) is 0 Å². The Hall–Kier alpha value is -7.79. The molecule has 4 aliphatic rings. The van der Waals surface area contributed by atoms with E-state index >= 15 is 0 Å². The number of aromatic amines is 1. The van der Waals surface area contributed by atoms with Crippen LogP contribution in [-0.2, 0) is 70.4 Å². The molecule has 4 aliphatic heterocycles. The lowest BCUT2D eigenvalue weighted by molar-refractivity contribution is -0.146. The van der Waals surface area contributed by atoms with Crippen LogP contribution in [0.2, 0.25) is 0 Å². The maximum atomic E-state index is 14.9. The summed E-state index contributed by atoms with van der Waals surface area (Å²) in [5.41, 5.74) is 1.62. The Labute approximate surface area is 548 Å². The van der Waals surface area contributed by atoms with Crippen molar-refractivity contribution in [2.24, 2.45) is 0 Å². The third kappa shape index (κ3) is 21.4. The topological polar surface area (TPSA) is 376 Å². The van der Waals surface area contributed by atoms with Crippen LogP contribution in [0.5, 0.6) is 0 Å². The number of carbonyl (C=O) groups is 12. The number of aliphatic hydroxyl groups excluding tert-OH is 1. The highest BCUT2D eigenvalue weighted by molar-refractivity contribution is 8.00. The highest BCUT2D eigenvalue weighted by Crippen LogP contribution is 2.24. The van der Waals surface area contributed by atoms with Crippen molar-refractivity contribution in [2.75, 3.05) is 49.3 Å². The molecule has 0 saturated carbocycles. The lowest BCUT2D eigenvalue weighted by Crippen LogP contribution is -2.61. The van der Waals surface area contributed by atoms with E-state index in [9.17, 15) is 72.1 Å². The molecule has 2 bridgehead atoms. The molecule has 0 unspecified atom stereocenters. The number of aliphatic hydroxyl groups is 1. The number of unbranched alkanes of at least 4 members (excludes halogenated alkanes) is 5. The summed E-state index contributed by atoms with van der Waals surface area (Å²) in [5, 5.41) is 46.0. The van der Waals surface area contributed by atoms with Gasteiger partial charge >= 0.3 is 5.97 Å². The van der Waals surface area contributed by atoms with Gasteiger partial charge in [0.1, 0.15) is 66.2 Å². The molecule has 0 radical (unpaired) electrons. The van der Waals surface area contributed by atoms with Gasteiger partial charge < -0.3 is 72.8 Å². The first kappa shape index (κ1) is 72.6. The van der Waals surface area contributed by atoms with E-state index in [1.165, 1.54) is 40.6 Å². The first-order chi connectivity index (χ1) is 44.8. The number of aliphatic carboxylic acids is 1. The number of benzene rings is 2. The number of aromatic nitrogens is 1. The van der Waals surface area contributed by atoms with Gasteiger partial charge in [0.2, 0.25) is 65.0 Å². The maximum Gasteiger partial charge on any atom is 0.305 e. The summed E-state index contributed by atoms with van der Waals surface area (Å²) in [6, 6.07) is -2.04. The number of rotatable bonds is 16. The number of hydrogen-bond acceptors (Lipinski definition) is 15. The van der Waals surface area contributed by atoms with Gasteiger partial charge in [-0.3, -0.25) is 57.5 Å². The number of hydrogen-bond donors (Lipinski definition) is 12. The van der Waals surface area contributed by atoms with Gasteiger partial charge in [0, 0.05) is 67.5 Å².